The fourth-order valence-corrected chi connectivity index (χ4v) is 3.55. The van der Waals surface area contributed by atoms with Gasteiger partial charge in [0.05, 0.1) is 11.3 Å². The average Bonchev–Trinajstić information content (AvgIpc) is 3.18. The van der Waals surface area contributed by atoms with E-state index >= 15 is 0 Å². The van der Waals surface area contributed by atoms with Crippen molar-refractivity contribution in [3.05, 3.63) is 88.4 Å². The number of pyridine rings is 1. The number of carbonyl (C=O) groups is 3. The summed E-state index contributed by atoms with van der Waals surface area (Å²) in [6.07, 6.45) is 3.42. The molecule has 168 valence electrons. The van der Waals surface area contributed by atoms with Gasteiger partial charge >= 0.3 is 5.91 Å². The first-order valence-electron chi connectivity index (χ1n) is 10.2. The second-order valence-electron chi connectivity index (χ2n) is 7.31. The summed E-state index contributed by atoms with van der Waals surface area (Å²) in [5.41, 5.74) is 8.69. The molecular formula is C23H20FN5O4. The highest BCUT2D eigenvalue weighted by atomic mass is 19.1. The summed E-state index contributed by atoms with van der Waals surface area (Å²) in [5.74, 6) is -2.08. The third kappa shape index (κ3) is 4.64. The van der Waals surface area contributed by atoms with Crippen LogP contribution >= 0.6 is 0 Å². The van der Waals surface area contributed by atoms with Crippen LogP contribution in [0, 0.1) is 12.7 Å². The number of hydrogen-bond acceptors (Lipinski definition) is 6. The number of aryl methyl sites for hydroxylation is 1. The minimum Gasteiger partial charge on any atom is -0.455 e. The summed E-state index contributed by atoms with van der Waals surface area (Å²) in [7, 11) is 0. The molecule has 0 saturated carbocycles. The van der Waals surface area contributed by atoms with Gasteiger partial charge in [0.25, 0.3) is 11.8 Å². The number of fused-ring (bicyclic) bond motifs is 1. The van der Waals surface area contributed by atoms with Crippen molar-refractivity contribution in [2.24, 2.45) is 5.10 Å². The summed E-state index contributed by atoms with van der Waals surface area (Å²) in [6, 6.07) is 10.4. The van der Waals surface area contributed by atoms with Crippen molar-refractivity contribution in [3.8, 4) is 0 Å². The first-order valence-corrected chi connectivity index (χ1v) is 10.2. The summed E-state index contributed by atoms with van der Waals surface area (Å²) in [6.45, 7) is 1.69. The fourth-order valence-electron chi connectivity index (χ4n) is 3.55. The van der Waals surface area contributed by atoms with Crippen LogP contribution in [0.4, 0.5) is 4.39 Å². The van der Waals surface area contributed by atoms with E-state index in [9.17, 15) is 18.8 Å². The van der Waals surface area contributed by atoms with Crippen LogP contribution in [-0.4, -0.2) is 28.4 Å². The maximum absolute atomic E-state index is 13.7. The van der Waals surface area contributed by atoms with Crippen molar-refractivity contribution < 1.29 is 23.2 Å². The fraction of sp³-hybridized carbons (Fsp3) is 0.174. The molecule has 3 N–H and O–H groups in total. The molecule has 0 bridgehead atoms. The number of halogens is 1. The molecule has 0 fully saturated rings. The number of benzene rings is 1. The molecule has 0 atom stereocenters. The third-order valence-electron chi connectivity index (χ3n) is 5.13. The number of hydrazone groups is 1. The van der Waals surface area contributed by atoms with Gasteiger partial charge < -0.3 is 4.42 Å². The van der Waals surface area contributed by atoms with E-state index in [0.717, 1.165) is 12.5 Å². The zero-order valence-corrected chi connectivity index (χ0v) is 17.6. The van der Waals surface area contributed by atoms with Gasteiger partial charge in [0.15, 0.2) is 5.76 Å². The number of furan rings is 1. The van der Waals surface area contributed by atoms with Gasteiger partial charge in [-0.3, -0.25) is 30.2 Å². The Kier molecular flexibility index (Phi) is 6.25. The van der Waals surface area contributed by atoms with E-state index in [1.165, 1.54) is 24.4 Å². The van der Waals surface area contributed by atoms with Crippen molar-refractivity contribution in [1.29, 1.82) is 0 Å². The standard InChI is InChI=1S/C23H20FN5O4/c1-13-19-16(26-28-22(31)17-9-4-5-12-25-17)10-6-11-18(19)33-20(13)23(32)29-27-21(30)14-7-2-3-8-15(14)24/h2-5,7-9,12H,6,10-11H2,1H3,(H,27,30)(H,28,31)(H,29,32)/b26-16+. The number of carbonyl (C=O) groups excluding carboxylic acids is 3. The van der Waals surface area contributed by atoms with Gasteiger partial charge in [0, 0.05) is 23.7 Å². The van der Waals surface area contributed by atoms with Crippen LogP contribution in [0.25, 0.3) is 0 Å². The van der Waals surface area contributed by atoms with E-state index in [-0.39, 0.29) is 17.0 Å². The van der Waals surface area contributed by atoms with Crippen LogP contribution in [-0.2, 0) is 6.42 Å². The first-order chi connectivity index (χ1) is 16.0. The van der Waals surface area contributed by atoms with Crippen molar-refractivity contribution >= 4 is 23.4 Å². The second-order valence-corrected chi connectivity index (χ2v) is 7.31. The molecule has 0 unspecified atom stereocenters. The lowest BCUT2D eigenvalue weighted by molar-refractivity contribution is 0.0827. The summed E-state index contributed by atoms with van der Waals surface area (Å²) in [4.78, 5) is 41.0. The average molecular weight is 449 g/mol. The van der Waals surface area contributed by atoms with Gasteiger partial charge in [0.1, 0.15) is 17.3 Å². The first kappa shape index (κ1) is 21.9. The SMILES string of the molecule is Cc1c(C(=O)NNC(=O)c2ccccc2F)oc2c1/C(=N/NC(=O)c1ccccn1)CCC2. The molecule has 10 heteroatoms. The lowest BCUT2D eigenvalue weighted by Crippen LogP contribution is -2.42. The highest BCUT2D eigenvalue weighted by Crippen LogP contribution is 2.29. The highest BCUT2D eigenvalue weighted by molar-refractivity contribution is 6.07. The molecular weight excluding hydrogens is 429 g/mol. The van der Waals surface area contributed by atoms with Crippen LogP contribution in [0.2, 0.25) is 0 Å². The largest absolute Gasteiger partial charge is 0.455 e. The summed E-state index contributed by atoms with van der Waals surface area (Å²) >= 11 is 0. The Balaban J connectivity index is 1.49. The van der Waals surface area contributed by atoms with Gasteiger partial charge in [0.2, 0.25) is 0 Å². The monoisotopic (exact) mass is 449 g/mol. The van der Waals surface area contributed by atoms with E-state index in [1.807, 2.05) is 0 Å². The number of nitrogens with one attached hydrogen (secondary N) is 3. The Morgan fingerprint density at radius 2 is 1.76 bits per heavy atom. The second kappa shape index (κ2) is 9.43. The number of aromatic nitrogens is 1. The van der Waals surface area contributed by atoms with Crippen molar-refractivity contribution in [3.63, 3.8) is 0 Å². The smallest absolute Gasteiger partial charge is 0.305 e. The van der Waals surface area contributed by atoms with Gasteiger partial charge in [-0.25, -0.2) is 9.82 Å². The Bertz CT molecular complexity index is 1250. The Morgan fingerprint density at radius 3 is 2.52 bits per heavy atom. The van der Waals surface area contributed by atoms with Gasteiger partial charge in [-0.2, -0.15) is 5.10 Å². The maximum atomic E-state index is 13.7. The molecule has 2 aromatic heterocycles. The lowest BCUT2D eigenvalue weighted by Gasteiger charge is -2.13. The van der Waals surface area contributed by atoms with Crippen LogP contribution in [0.1, 0.15) is 61.1 Å². The minimum atomic E-state index is -0.796. The number of rotatable bonds is 4. The van der Waals surface area contributed by atoms with Crippen LogP contribution in [0.3, 0.4) is 0 Å². The third-order valence-corrected chi connectivity index (χ3v) is 5.13. The van der Waals surface area contributed by atoms with Crippen molar-refractivity contribution in [2.45, 2.75) is 26.2 Å². The van der Waals surface area contributed by atoms with Crippen LogP contribution in [0.15, 0.2) is 58.2 Å². The maximum Gasteiger partial charge on any atom is 0.305 e. The van der Waals surface area contributed by atoms with Gasteiger partial charge in [-0.05, 0) is 44.0 Å². The number of amides is 3. The van der Waals surface area contributed by atoms with Crippen LogP contribution < -0.4 is 16.3 Å². The Hall–Kier alpha value is -4.34. The zero-order valence-electron chi connectivity index (χ0n) is 17.6. The predicted octanol–water partition coefficient (Wildman–Crippen LogP) is 2.67. The van der Waals surface area contributed by atoms with E-state index in [1.54, 1.807) is 25.1 Å². The minimum absolute atomic E-state index is 0.000476. The van der Waals surface area contributed by atoms with Crippen LogP contribution in [0.5, 0.6) is 0 Å². The highest BCUT2D eigenvalue weighted by Gasteiger charge is 2.28. The topological polar surface area (TPSA) is 126 Å². The van der Waals surface area contributed by atoms with E-state index < -0.39 is 23.5 Å². The molecule has 3 aromatic rings. The molecule has 0 aliphatic heterocycles. The molecule has 9 nitrogen and oxygen atoms in total. The molecule has 4 rings (SSSR count). The zero-order chi connectivity index (χ0) is 23.4. The van der Waals surface area contributed by atoms with Gasteiger partial charge in [-0.1, -0.05) is 18.2 Å². The molecule has 3 amide bonds. The van der Waals surface area contributed by atoms with Crippen molar-refractivity contribution in [1.82, 2.24) is 21.3 Å². The number of hydrazine groups is 1. The molecule has 0 spiro atoms. The Labute approximate surface area is 188 Å². The Morgan fingerprint density at radius 1 is 1.00 bits per heavy atom. The van der Waals surface area contributed by atoms with Gasteiger partial charge in [-0.15, -0.1) is 0 Å². The number of nitrogens with zero attached hydrogens (tertiary/aromatic N) is 2. The number of hydrogen-bond donors (Lipinski definition) is 3. The summed E-state index contributed by atoms with van der Waals surface area (Å²) < 4.78 is 19.5. The quantitative estimate of drug-likeness (QED) is 0.528. The molecule has 2 heterocycles. The molecule has 1 aromatic carbocycles. The lowest BCUT2D eigenvalue weighted by atomic mass is 9.93. The normalized spacial score (nSPS) is 13.8. The molecule has 33 heavy (non-hydrogen) atoms. The molecule has 0 radical (unpaired) electrons. The van der Waals surface area contributed by atoms with E-state index in [0.29, 0.717) is 35.4 Å². The predicted molar refractivity (Wildman–Crippen MR) is 116 cm³/mol. The molecule has 1 aliphatic rings. The van der Waals surface area contributed by atoms with E-state index in [4.69, 9.17) is 4.42 Å². The van der Waals surface area contributed by atoms with Crippen molar-refractivity contribution in [2.75, 3.05) is 0 Å². The van der Waals surface area contributed by atoms with E-state index in [2.05, 4.69) is 26.4 Å². The molecule has 0 saturated heterocycles. The summed E-state index contributed by atoms with van der Waals surface area (Å²) in [5, 5.41) is 4.23. The molecule has 1 aliphatic carbocycles.